The molecule has 0 spiro atoms. The molecule has 0 saturated heterocycles. The highest BCUT2D eigenvalue weighted by molar-refractivity contribution is 14.0. The van der Waals surface area contributed by atoms with Crippen molar-refractivity contribution in [1.29, 1.82) is 0 Å². The van der Waals surface area contributed by atoms with Crippen molar-refractivity contribution >= 4 is 24.0 Å². The molecule has 0 rings (SSSR count). The van der Waals surface area contributed by atoms with Crippen molar-refractivity contribution in [2.45, 2.75) is 110 Å². The fourth-order valence-electron chi connectivity index (χ4n) is 3.01. The van der Waals surface area contributed by atoms with Crippen molar-refractivity contribution in [2.75, 3.05) is 0 Å². The van der Waals surface area contributed by atoms with Crippen molar-refractivity contribution in [2.24, 2.45) is 11.7 Å². The van der Waals surface area contributed by atoms with Crippen LogP contribution in [0.1, 0.15) is 105 Å². The van der Waals surface area contributed by atoms with Crippen molar-refractivity contribution in [3.63, 3.8) is 0 Å². The van der Waals surface area contributed by atoms with Gasteiger partial charge in [0.05, 0.1) is 0 Å². The highest BCUT2D eigenvalue weighted by Crippen LogP contribution is 2.31. The van der Waals surface area contributed by atoms with Crippen LogP contribution < -0.4 is 5.73 Å². The predicted octanol–water partition coefficient (Wildman–Crippen LogP) is 6.68. The van der Waals surface area contributed by atoms with Gasteiger partial charge >= 0.3 is 0 Å². The second-order valence-corrected chi connectivity index (χ2v) is 6.54. The third kappa shape index (κ3) is 10.4. The molecule has 2 heteroatoms. The van der Waals surface area contributed by atoms with Gasteiger partial charge in [-0.15, -0.1) is 24.0 Å². The first-order valence-electron chi connectivity index (χ1n) is 8.89. The van der Waals surface area contributed by atoms with E-state index in [1.165, 1.54) is 77.0 Å². The van der Waals surface area contributed by atoms with Crippen molar-refractivity contribution in [3.05, 3.63) is 0 Å². The number of halogens is 1. The molecule has 1 atom stereocenters. The molecule has 0 amide bonds. The van der Waals surface area contributed by atoms with E-state index >= 15 is 0 Å². The van der Waals surface area contributed by atoms with Crippen molar-refractivity contribution < 1.29 is 0 Å². The minimum atomic E-state index is 0. The molecule has 0 aromatic carbocycles. The molecule has 124 valence electrons. The lowest BCUT2D eigenvalue weighted by atomic mass is 9.75. The van der Waals surface area contributed by atoms with E-state index in [4.69, 9.17) is 5.73 Å². The van der Waals surface area contributed by atoms with Crippen molar-refractivity contribution in [3.8, 4) is 0 Å². The van der Waals surface area contributed by atoms with Gasteiger partial charge in [0.15, 0.2) is 0 Å². The van der Waals surface area contributed by atoms with E-state index in [0.29, 0.717) is 5.92 Å². The third-order valence-electron chi connectivity index (χ3n) is 4.71. The van der Waals surface area contributed by atoms with Crippen LogP contribution in [0, 0.1) is 5.92 Å². The maximum atomic E-state index is 6.81. The van der Waals surface area contributed by atoms with Crippen LogP contribution >= 0.6 is 24.0 Å². The first kappa shape index (κ1) is 23.0. The van der Waals surface area contributed by atoms with Gasteiger partial charge < -0.3 is 5.73 Å². The average Bonchev–Trinajstić information content (AvgIpc) is 2.39. The van der Waals surface area contributed by atoms with Gasteiger partial charge in [-0.1, -0.05) is 85.5 Å². The maximum Gasteiger partial charge on any atom is 0.0180 e. The van der Waals surface area contributed by atoms with E-state index in [9.17, 15) is 0 Å². The highest BCUT2D eigenvalue weighted by Gasteiger charge is 2.30. The van der Waals surface area contributed by atoms with Crippen molar-refractivity contribution in [1.82, 2.24) is 0 Å². The second-order valence-electron chi connectivity index (χ2n) is 6.54. The summed E-state index contributed by atoms with van der Waals surface area (Å²) in [6.45, 7) is 9.23. The molecule has 0 aliphatic carbocycles. The highest BCUT2D eigenvalue weighted by atomic mass is 127. The first-order valence-corrected chi connectivity index (χ1v) is 8.89. The lowest BCUT2D eigenvalue weighted by Crippen LogP contribution is -2.46. The topological polar surface area (TPSA) is 26.0 Å². The lowest BCUT2D eigenvalue weighted by Gasteiger charge is -2.36. The zero-order chi connectivity index (χ0) is 14.6. The molecule has 0 saturated carbocycles. The summed E-state index contributed by atoms with van der Waals surface area (Å²) < 4.78 is 0. The van der Waals surface area contributed by atoms with Gasteiger partial charge in [-0.3, -0.25) is 0 Å². The average molecular weight is 397 g/mol. The summed E-state index contributed by atoms with van der Waals surface area (Å²) in [7, 11) is 0. The molecule has 1 unspecified atom stereocenters. The Morgan fingerprint density at radius 1 is 0.750 bits per heavy atom. The van der Waals surface area contributed by atoms with Gasteiger partial charge in [0, 0.05) is 5.54 Å². The summed E-state index contributed by atoms with van der Waals surface area (Å²) in [5, 5.41) is 0. The molecule has 0 fully saturated rings. The zero-order valence-electron chi connectivity index (χ0n) is 14.5. The summed E-state index contributed by atoms with van der Waals surface area (Å²) in [5.74, 6) is 0.688. The van der Waals surface area contributed by atoms with Crippen LogP contribution in [0.4, 0.5) is 0 Å². The molecule has 0 aromatic rings. The smallest absolute Gasteiger partial charge is 0.0180 e. The molecule has 2 N–H and O–H groups in total. The number of hydrogen-bond donors (Lipinski definition) is 1. The van der Waals surface area contributed by atoms with Gasteiger partial charge in [-0.25, -0.2) is 0 Å². The quantitative estimate of drug-likeness (QED) is 0.272. The molecule has 0 heterocycles. The largest absolute Gasteiger partial charge is 0.325 e. The molecule has 1 nitrogen and oxygen atoms in total. The maximum absolute atomic E-state index is 6.81. The molecule has 0 bridgehead atoms. The molecular formula is C18H40IN. The number of rotatable bonds is 13. The Morgan fingerprint density at radius 3 is 1.55 bits per heavy atom. The Kier molecular flexibility index (Phi) is 16.8. The summed E-state index contributed by atoms with van der Waals surface area (Å²) in [4.78, 5) is 0. The zero-order valence-corrected chi connectivity index (χ0v) is 16.9. The van der Waals surface area contributed by atoms with Gasteiger partial charge in [0.2, 0.25) is 0 Å². The van der Waals surface area contributed by atoms with Crippen LogP contribution in [-0.2, 0) is 0 Å². The Labute approximate surface area is 145 Å². The molecule has 20 heavy (non-hydrogen) atoms. The monoisotopic (exact) mass is 397 g/mol. The molecule has 0 radical (unpaired) electrons. The van der Waals surface area contributed by atoms with Crippen LogP contribution in [0.5, 0.6) is 0 Å². The molecule has 0 aliphatic heterocycles. The van der Waals surface area contributed by atoms with Gasteiger partial charge in [0.25, 0.3) is 0 Å². The van der Waals surface area contributed by atoms with Crippen LogP contribution in [0.15, 0.2) is 0 Å². The Morgan fingerprint density at radius 2 is 1.15 bits per heavy atom. The van der Waals surface area contributed by atoms with E-state index in [2.05, 4.69) is 27.7 Å². The van der Waals surface area contributed by atoms with Crippen LogP contribution in [0.2, 0.25) is 0 Å². The summed E-state index contributed by atoms with van der Waals surface area (Å²) >= 11 is 0. The van der Waals surface area contributed by atoms with E-state index in [0.717, 1.165) is 0 Å². The lowest BCUT2D eigenvalue weighted by molar-refractivity contribution is 0.221. The molecular weight excluding hydrogens is 357 g/mol. The number of unbranched alkanes of at least 4 members (excludes halogenated alkanes) is 6. The van der Waals surface area contributed by atoms with E-state index in [1.807, 2.05) is 0 Å². The van der Waals surface area contributed by atoms with E-state index < -0.39 is 0 Å². The standard InChI is InChI=1S/C18H39N.HI/c1-5-8-11-14-17(4)18(19,15-12-9-6-2)16-13-10-7-3;/h17H,5-16,19H2,1-4H3;1H. The molecule has 0 aliphatic rings. The Balaban J connectivity index is 0. The SMILES string of the molecule is CCCCCC(C)C(N)(CCCCC)CCCCC.I. The normalized spacial score (nSPS) is 13.1. The van der Waals surface area contributed by atoms with Gasteiger partial charge in [-0.05, 0) is 25.2 Å². The summed E-state index contributed by atoms with van der Waals surface area (Å²) in [6, 6.07) is 0. The minimum absolute atomic E-state index is 0. The number of hydrogen-bond acceptors (Lipinski definition) is 1. The first-order chi connectivity index (χ1) is 9.10. The van der Waals surface area contributed by atoms with E-state index in [-0.39, 0.29) is 29.5 Å². The van der Waals surface area contributed by atoms with Crippen LogP contribution in [0.25, 0.3) is 0 Å². The fraction of sp³-hybridized carbons (Fsp3) is 1.00. The third-order valence-corrected chi connectivity index (χ3v) is 4.71. The minimum Gasteiger partial charge on any atom is -0.325 e. The Bertz CT molecular complexity index is 184. The van der Waals surface area contributed by atoms with Crippen LogP contribution in [0.3, 0.4) is 0 Å². The molecule has 0 aromatic heterocycles. The van der Waals surface area contributed by atoms with Gasteiger partial charge in [-0.2, -0.15) is 0 Å². The van der Waals surface area contributed by atoms with Gasteiger partial charge in [0.1, 0.15) is 0 Å². The summed E-state index contributed by atoms with van der Waals surface area (Å²) in [6.07, 6.45) is 15.7. The van der Waals surface area contributed by atoms with Crippen LogP contribution in [-0.4, -0.2) is 5.54 Å². The Hall–Kier alpha value is 0.690. The second kappa shape index (κ2) is 14.6. The van der Waals surface area contributed by atoms with E-state index in [1.54, 1.807) is 0 Å². The predicted molar refractivity (Wildman–Crippen MR) is 104 cm³/mol. The summed E-state index contributed by atoms with van der Waals surface area (Å²) in [5.41, 5.74) is 6.91. The number of nitrogens with two attached hydrogens (primary N) is 1. The fourth-order valence-corrected chi connectivity index (χ4v) is 3.01.